The van der Waals surface area contributed by atoms with Crippen LogP contribution in [0.2, 0.25) is 0 Å². The van der Waals surface area contributed by atoms with E-state index in [9.17, 15) is 8.42 Å². The lowest BCUT2D eigenvalue weighted by Crippen LogP contribution is -2.11. The monoisotopic (exact) mass is 230 g/mol. The summed E-state index contributed by atoms with van der Waals surface area (Å²) in [7, 11) is -3.11. The molecule has 2 nitrogen and oxygen atoms in total. The summed E-state index contributed by atoms with van der Waals surface area (Å²) in [6.45, 7) is 3.79. The molecule has 1 rings (SSSR count). The van der Waals surface area contributed by atoms with Crippen molar-refractivity contribution in [3.63, 3.8) is 0 Å². The van der Waals surface area contributed by atoms with Crippen molar-refractivity contribution in [2.45, 2.75) is 23.6 Å². The molecule has 1 aromatic rings. The largest absolute Gasteiger partial charge is 0.224 e. The molecule has 0 amide bonds. The topological polar surface area (TPSA) is 34.1 Å². The quantitative estimate of drug-likeness (QED) is 0.809. The normalized spacial score (nSPS) is 12.0. The summed E-state index contributed by atoms with van der Waals surface area (Å²) in [5.41, 5.74) is 0. The van der Waals surface area contributed by atoms with E-state index < -0.39 is 9.84 Å². The minimum absolute atomic E-state index is 0.149. The van der Waals surface area contributed by atoms with Crippen LogP contribution in [0.3, 0.4) is 0 Å². The van der Waals surface area contributed by atoms with Crippen LogP contribution in [-0.4, -0.2) is 14.2 Å². The maximum absolute atomic E-state index is 11.7. The van der Waals surface area contributed by atoms with Gasteiger partial charge in [0.15, 0.2) is 9.84 Å². The number of hydrogen-bond donors (Lipinski definition) is 1. The van der Waals surface area contributed by atoms with Crippen LogP contribution >= 0.6 is 12.6 Å². The van der Waals surface area contributed by atoms with Gasteiger partial charge in [-0.3, -0.25) is 0 Å². The first-order valence-corrected chi connectivity index (χ1v) is 6.53. The molecular weight excluding hydrogens is 216 g/mol. The highest BCUT2D eigenvalue weighted by Gasteiger charge is 2.15. The first-order valence-electron chi connectivity index (χ1n) is 4.43. The van der Waals surface area contributed by atoms with Crippen molar-refractivity contribution >= 4 is 22.5 Å². The molecule has 0 aromatic heterocycles. The summed E-state index contributed by atoms with van der Waals surface area (Å²) in [6.07, 6.45) is 0. The van der Waals surface area contributed by atoms with Gasteiger partial charge < -0.3 is 0 Å². The van der Waals surface area contributed by atoms with Crippen molar-refractivity contribution in [3.8, 4) is 0 Å². The second-order valence-electron chi connectivity index (χ2n) is 3.67. The summed E-state index contributed by atoms with van der Waals surface area (Å²) in [6, 6.07) is 6.58. The number of hydrogen-bond acceptors (Lipinski definition) is 3. The number of benzene rings is 1. The van der Waals surface area contributed by atoms with Gasteiger partial charge in [-0.1, -0.05) is 13.8 Å². The summed E-state index contributed by atoms with van der Waals surface area (Å²) < 4.78 is 23.5. The van der Waals surface area contributed by atoms with Gasteiger partial charge in [-0.15, -0.1) is 12.6 Å². The lowest BCUT2D eigenvalue weighted by molar-refractivity contribution is 0.582. The maximum atomic E-state index is 11.7. The van der Waals surface area contributed by atoms with Gasteiger partial charge in [0.2, 0.25) is 0 Å². The molecule has 0 fully saturated rings. The van der Waals surface area contributed by atoms with Crippen LogP contribution in [0.15, 0.2) is 34.1 Å². The molecule has 0 saturated carbocycles. The number of rotatable bonds is 3. The molecule has 78 valence electrons. The number of sulfone groups is 1. The van der Waals surface area contributed by atoms with Crippen LogP contribution in [0, 0.1) is 5.92 Å². The third kappa shape index (κ3) is 3.03. The molecule has 4 heteroatoms. The van der Waals surface area contributed by atoms with Crippen LogP contribution in [0.1, 0.15) is 13.8 Å². The van der Waals surface area contributed by atoms with Gasteiger partial charge in [0.05, 0.1) is 10.6 Å². The average molecular weight is 230 g/mol. The first-order chi connectivity index (χ1) is 6.42. The van der Waals surface area contributed by atoms with E-state index in [1.54, 1.807) is 24.3 Å². The Morgan fingerprint density at radius 1 is 1.21 bits per heavy atom. The molecule has 14 heavy (non-hydrogen) atoms. The minimum Gasteiger partial charge on any atom is -0.224 e. The van der Waals surface area contributed by atoms with Crippen molar-refractivity contribution in [2.75, 3.05) is 5.75 Å². The second-order valence-corrected chi connectivity index (χ2v) is 6.22. The van der Waals surface area contributed by atoms with E-state index in [0.29, 0.717) is 4.90 Å². The minimum atomic E-state index is -3.11. The maximum Gasteiger partial charge on any atom is 0.178 e. The van der Waals surface area contributed by atoms with Crippen molar-refractivity contribution < 1.29 is 8.42 Å². The second kappa shape index (κ2) is 4.36. The van der Waals surface area contributed by atoms with Crippen LogP contribution < -0.4 is 0 Å². The van der Waals surface area contributed by atoms with Crippen LogP contribution in [-0.2, 0) is 9.84 Å². The van der Waals surface area contributed by atoms with Crippen molar-refractivity contribution in [1.29, 1.82) is 0 Å². The number of thiol groups is 1. The molecule has 0 bridgehead atoms. The highest BCUT2D eigenvalue weighted by Crippen LogP contribution is 2.16. The van der Waals surface area contributed by atoms with Crippen LogP contribution in [0.5, 0.6) is 0 Å². The van der Waals surface area contributed by atoms with Gasteiger partial charge in [0.1, 0.15) is 0 Å². The lowest BCUT2D eigenvalue weighted by atomic mass is 10.3. The predicted octanol–water partition coefficient (Wildman–Crippen LogP) is 2.41. The summed E-state index contributed by atoms with van der Waals surface area (Å²) in [5.74, 6) is 0.342. The lowest BCUT2D eigenvalue weighted by Gasteiger charge is -2.06. The Bertz CT molecular complexity index is 391. The van der Waals surface area contributed by atoms with E-state index in [0.717, 1.165) is 4.90 Å². The molecule has 0 unspecified atom stereocenters. The Morgan fingerprint density at radius 2 is 1.71 bits per heavy atom. The summed E-state index contributed by atoms with van der Waals surface area (Å²) in [4.78, 5) is 1.15. The van der Waals surface area contributed by atoms with Crippen molar-refractivity contribution in [1.82, 2.24) is 0 Å². The molecule has 0 saturated heterocycles. The first kappa shape index (κ1) is 11.6. The third-order valence-electron chi connectivity index (χ3n) is 1.75. The molecule has 0 N–H and O–H groups in total. The zero-order valence-corrected chi connectivity index (χ0v) is 9.98. The predicted molar refractivity (Wildman–Crippen MR) is 60.6 cm³/mol. The van der Waals surface area contributed by atoms with Gasteiger partial charge in [0.25, 0.3) is 0 Å². The Hall–Kier alpha value is -0.480. The zero-order valence-electron chi connectivity index (χ0n) is 8.27. The third-order valence-corrected chi connectivity index (χ3v) is 4.14. The molecule has 1 aromatic carbocycles. The highest BCUT2D eigenvalue weighted by molar-refractivity contribution is 7.91. The molecule has 0 radical (unpaired) electrons. The Morgan fingerprint density at radius 3 is 2.14 bits per heavy atom. The fourth-order valence-electron chi connectivity index (χ4n) is 1.19. The van der Waals surface area contributed by atoms with Crippen LogP contribution in [0.25, 0.3) is 0 Å². The van der Waals surface area contributed by atoms with E-state index in [1.807, 2.05) is 13.8 Å². The van der Waals surface area contributed by atoms with Crippen molar-refractivity contribution in [2.24, 2.45) is 5.92 Å². The molecule has 0 aliphatic heterocycles. The van der Waals surface area contributed by atoms with Gasteiger partial charge >= 0.3 is 0 Å². The van der Waals surface area contributed by atoms with E-state index >= 15 is 0 Å². The molecule has 0 aliphatic rings. The molecule has 0 spiro atoms. The Labute approximate surface area is 90.7 Å². The highest BCUT2D eigenvalue weighted by atomic mass is 32.2. The van der Waals surface area contributed by atoms with Gasteiger partial charge in [-0.05, 0) is 30.2 Å². The fourth-order valence-corrected chi connectivity index (χ4v) is 2.96. The fraction of sp³-hybridized carbons (Fsp3) is 0.400. The van der Waals surface area contributed by atoms with E-state index in [2.05, 4.69) is 12.6 Å². The van der Waals surface area contributed by atoms with E-state index in [4.69, 9.17) is 0 Å². The average Bonchev–Trinajstić information content (AvgIpc) is 2.02. The van der Waals surface area contributed by atoms with Gasteiger partial charge in [-0.2, -0.15) is 0 Å². The van der Waals surface area contributed by atoms with Gasteiger partial charge in [0, 0.05) is 4.90 Å². The van der Waals surface area contributed by atoms with Gasteiger partial charge in [-0.25, -0.2) is 8.42 Å². The Kier molecular flexibility index (Phi) is 3.61. The van der Waals surface area contributed by atoms with Crippen LogP contribution in [0.4, 0.5) is 0 Å². The van der Waals surface area contributed by atoms with Crippen molar-refractivity contribution in [3.05, 3.63) is 24.3 Å². The SMILES string of the molecule is CC(C)CS(=O)(=O)c1ccc(S)cc1. The molecular formula is C10H14O2S2. The molecule has 0 heterocycles. The standard InChI is InChI=1S/C10H14O2S2/c1-8(2)7-14(11,12)10-5-3-9(13)4-6-10/h3-6,8,13H,7H2,1-2H3. The summed E-state index contributed by atoms with van der Waals surface area (Å²) >= 11 is 4.10. The molecule has 0 atom stereocenters. The van der Waals surface area contributed by atoms with E-state index in [1.165, 1.54) is 0 Å². The summed E-state index contributed by atoms with van der Waals surface area (Å²) in [5, 5.41) is 0. The molecule has 0 aliphatic carbocycles. The Balaban J connectivity index is 2.99. The zero-order chi connectivity index (χ0) is 10.8. The smallest absolute Gasteiger partial charge is 0.178 e. The van der Waals surface area contributed by atoms with E-state index in [-0.39, 0.29) is 11.7 Å².